The number of halogens is 1. The minimum absolute atomic E-state index is 0.176. The van der Waals surface area contributed by atoms with E-state index in [0.29, 0.717) is 6.54 Å². The molecule has 0 spiro atoms. The SMILES string of the molecule is CCCNc1c(F)cccc1C(=O)N(C)CC(C)(C)O. The Morgan fingerprint density at radius 3 is 2.65 bits per heavy atom. The predicted molar refractivity (Wildman–Crippen MR) is 78.4 cm³/mol. The van der Waals surface area contributed by atoms with E-state index < -0.39 is 11.4 Å². The van der Waals surface area contributed by atoms with Crippen LogP contribution >= 0.6 is 0 Å². The molecule has 0 bridgehead atoms. The monoisotopic (exact) mass is 282 g/mol. The second-order valence-electron chi connectivity index (χ2n) is 5.56. The molecule has 20 heavy (non-hydrogen) atoms. The number of nitrogens with one attached hydrogen (secondary N) is 1. The van der Waals surface area contributed by atoms with Gasteiger partial charge < -0.3 is 15.3 Å². The first-order valence-electron chi connectivity index (χ1n) is 6.76. The molecule has 1 rings (SSSR count). The van der Waals surface area contributed by atoms with E-state index in [1.807, 2.05) is 6.92 Å². The highest BCUT2D eigenvalue weighted by Crippen LogP contribution is 2.22. The van der Waals surface area contributed by atoms with Gasteiger partial charge in [0, 0.05) is 20.1 Å². The zero-order chi connectivity index (χ0) is 15.3. The first kappa shape index (κ1) is 16.4. The van der Waals surface area contributed by atoms with Crippen LogP contribution in [0.15, 0.2) is 18.2 Å². The van der Waals surface area contributed by atoms with E-state index in [9.17, 15) is 14.3 Å². The number of likely N-dealkylation sites (N-methyl/N-ethyl adjacent to an activating group) is 1. The molecule has 1 aromatic rings. The van der Waals surface area contributed by atoms with Crippen LogP contribution in [0.1, 0.15) is 37.6 Å². The van der Waals surface area contributed by atoms with Crippen LogP contribution in [-0.4, -0.2) is 41.7 Å². The standard InChI is InChI=1S/C15H23FN2O2/c1-5-9-17-13-11(7-6-8-12(13)16)14(19)18(4)10-15(2,3)20/h6-8,17,20H,5,9-10H2,1-4H3. The fraction of sp³-hybridized carbons (Fsp3) is 0.533. The summed E-state index contributed by atoms with van der Waals surface area (Å²) in [6, 6.07) is 4.42. The summed E-state index contributed by atoms with van der Waals surface area (Å²) >= 11 is 0. The lowest BCUT2D eigenvalue weighted by atomic mass is 10.1. The smallest absolute Gasteiger partial charge is 0.255 e. The molecule has 1 amide bonds. The first-order valence-corrected chi connectivity index (χ1v) is 6.76. The third-order valence-electron chi connectivity index (χ3n) is 2.77. The Labute approximate surface area is 119 Å². The number of nitrogens with zero attached hydrogens (tertiary/aromatic N) is 1. The van der Waals surface area contributed by atoms with E-state index in [1.54, 1.807) is 27.0 Å². The lowest BCUT2D eigenvalue weighted by Gasteiger charge is -2.26. The Kier molecular flexibility index (Phi) is 5.51. The van der Waals surface area contributed by atoms with Crippen molar-refractivity contribution in [3.8, 4) is 0 Å². The average Bonchev–Trinajstić information content (AvgIpc) is 2.34. The number of benzene rings is 1. The molecule has 0 aliphatic rings. The summed E-state index contributed by atoms with van der Waals surface area (Å²) in [7, 11) is 1.59. The molecule has 2 N–H and O–H groups in total. The van der Waals surface area contributed by atoms with Crippen LogP contribution in [0, 0.1) is 5.82 Å². The number of aliphatic hydroxyl groups is 1. The second-order valence-corrected chi connectivity index (χ2v) is 5.56. The zero-order valence-electron chi connectivity index (χ0n) is 12.5. The number of amides is 1. The fourth-order valence-corrected chi connectivity index (χ4v) is 1.99. The largest absolute Gasteiger partial charge is 0.389 e. The third-order valence-corrected chi connectivity index (χ3v) is 2.77. The molecule has 0 heterocycles. The van der Waals surface area contributed by atoms with Crippen molar-refractivity contribution in [3.63, 3.8) is 0 Å². The molecule has 0 fully saturated rings. The van der Waals surface area contributed by atoms with Gasteiger partial charge in [-0.2, -0.15) is 0 Å². The number of hydrogen-bond donors (Lipinski definition) is 2. The van der Waals surface area contributed by atoms with Gasteiger partial charge in [-0.15, -0.1) is 0 Å². The van der Waals surface area contributed by atoms with Gasteiger partial charge in [-0.05, 0) is 32.4 Å². The van der Waals surface area contributed by atoms with Crippen molar-refractivity contribution in [3.05, 3.63) is 29.6 Å². The van der Waals surface area contributed by atoms with E-state index in [-0.39, 0.29) is 23.7 Å². The Morgan fingerprint density at radius 2 is 2.10 bits per heavy atom. The average molecular weight is 282 g/mol. The van der Waals surface area contributed by atoms with E-state index in [1.165, 1.54) is 17.0 Å². The lowest BCUT2D eigenvalue weighted by Crippen LogP contribution is -2.40. The topological polar surface area (TPSA) is 52.6 Å². The normalized spacial score (nSPS) is 11.3. The highest BCUT2D eigenvalue weighted by atomic mass is 19.1. The number of para-hydroxylation sites is 1. The summed E-state index contributed by atoms with van der Waals surface area (Å²) in [6.07, 6.45) is 0.835. The van der Waals surface area contributed by atoms with Gasteiger partial charge in [0.1, 0.15) is 5.82 Å². The van der Waals surface area contributed by atoms with E-state index in [2.05, 4.69) is 5.32 Å². The summed E-state index contributed by atoms with van der Waals surface area (Å²) < 4.78 is 13.9. The number of anilines is 1. The number of carbonyl (C=O) groups excluding carboxylic acids is 1. The molecule has 0 aliphatic carbocycles. The summed E-state index contributed by atoms with van der Waals surface area (Å²) in [5.74, 6) is -0.758. The minimum atomic E-state index is -0.991. The van der Waals surface area contributed by atoms with Crippen LogP contribution in [-0.2, 0) is 0 Å². The molecule has 5 heteroatoms. The van der Waals surface area contributed by atoms with Gasteiger partial charge in [-0.25, -0.2) is 4.39 Å². The molecule has 4 nitrogen and oxygen atoms in total. The van der Waals surface area contributed by atoms with Crippen LogP contribution in [0.3, 0.4) is 0 Å². The summed E-state index contributed by atoms with van der Waals surface area (Å²) in [5.41, 5.74) is -0.485. The molecule has 0 saturated carbocycles. The number of hydrogen-bond acceptors (Lipinski definition) is 3. The molecular formula is C15H23FN2O2. The quantitative estimate of drug-likeness (QED) is 0.843. The second kappa shape index (κ2) is 6.70. The van der Waals surface area contributed by atoms with Gasteiger partial charge in [0.25, 0.3) is 5.91 Å². The molecule has 0 radical (unpaired) electrons. The molecule has 0 atom stereocenters. The molecule has 112 valence electrons. The predicted octanol–water partition coefficient (Wildman–Crippen LogP) is 2.49. The van der Waals surface area contributed by atoms with Crippen molar-refractivity contribution in [1.29, 1.82) is 0 Å². The van der Waals surface area contributed by atoms with Crippen molar-refractivity contribution in [1.82, 2.24) is 4.90 Å². The summed E-state index contributed by atoms with van der Waals surface area (Å²) in [4.78, 5) is 13.8. The Morgan fingerprint density at radius 1 is 1.45 bits per heavy atom. The molecule has 0 unspecified atom stereocenters. The third kappa shape index (κ3) is 4.49. The Bertz CT molecular complexity index is 469. The van der Waals surface area contributed by atoms with Crippen LogP contribution in [0.4, 0.5) is 10.1 Å². The molecule has 0 aromatic heterocycles. The highest BCUT2D eigenvalue weighted by Gasteiger charge is 2.23. The fourth-order valence-electron chi connectivity index (χ4n) is 1.99. The van der Waals surface area contributed by atoms with Crippen molar-refractivity contribution in [2.75, 3.05) is 25.5 Å². The molecule has 1 aromatic carbocycles. The maximum absolute atomic E-state index is 13.9. The van der Waals surface area contributed by atoms with Gasteiger partial charge in [0.2, 0.25) is 0 Å². The number of carbonyl (C=O) groups is 1. The summed E-state index contributed by atoms with van der Waals surface area (Å²) in [5, 5.41) is 12.7. The minimum Gasteiger partial charge on any atom is -0.389 e. The maximum Gasteiger partial charge on any atom is 0.255 e. The van der Waals surface area contributed by atoms with Crippen molar-refractivity contribution >= 4 is 11.6 Å². The van der Waals surface area contributed by atoms with Gasteiger partial charge in [-0.3, -0.25) is 4.79 Å². The molecule has 0 saturated heterocycles. The van der Waals surface area contributed by atoms with Gasteiger partial charge in [-0.1, -0.05) is 13.0 Å². The van der Waals surface area contributed by atoms with E-state index >= 15 is 0 Å². The van der Waals surface area contributed by atoms with Crippen LogP contribution in [0.2, 0.25) is 0 Å². The van der Waals surface area contributed by atoms with Crippen molar-refractivity contribution in [2.24, 2.45) is 0 Å². The maximum atomic E-state index is 13.9. The van der Waals surface area contributed by atoms with Crippen molar-refractivity contribution < 1.29 is 14.3 Å². The van der Waals surface area contributed by atoms with Gasteiger partial charge >= 0.3 is 0 Å². The lowest BCUT2D eigenvalue weighted by molar-refractivity contribution is 0.0368. The Balaban J connectivity index is 3.00. The van der Waals surface area contributed by atoms with Gasteiger partial charge in [0.05, 0.1) is 16.9 Å². The number of rotatable bonds is 6. The van der Waals surface area contributed by atoms with Crippen LogP contribution in [0.25, 0.3) is 0 Å². The van der Waals surface area contributed by atoms with E-state index in [0.717, 1.165) is 6.42 Å². The van der Waals surface area contributed by atoms with Crippen LogP contribution in [0.5, 0.6) is 0 Å². The van der Waals surface area contributed by atoms with E-state index in [4.69, 9.17) is 0 Å². The van der Waals surface area contributed by atoms with Crippen molar-refractivity contribution in [2.45, 2.75) is 32.8 Å². The molecule has 0 aliphatic heterocycles. The van der Waals surface area contributed by atoms with Gasteiger partial charge in [0.15, 0.2) is 0 Å². The summed E-state index contributed by atoms with van der Waals surface area (Å²) in [6.45, 7) is 5.99. The highest BCUT2D eigenvalue weighted by molar-refractivity contribution is 5.99. The first-order chi connectivity index (χ1) is 9.26. The van der Waals surface area contributed by atoms with Crippen LogP contribution < -0.4 is 5.32 Å². The zero-order valence-corrected chi connectivity index (χ0v) is 12.5. The molecular weight excluding hydrogens is 259 g/mol. The Hall–Kier alpha value is -1.62.